The largest absolute Gasteiger partial charge is 0.496 e. The average molecular weight is 568 g/mol. The van der Waals surface area contributed by atoms with E-state index in [-0.39, 0.29) is 59.0 Å². The predicted octanol–water partition coefficient (Wildman–Crippen LogP) is 3.51. The highest BCUT2D eigenvalue weighted by molar-refractivity contribution is 7.59. The Bertz CT molecular complexity index is 1060. The number of imide groups is 1. The van der Waals surface area contributed by atoms with Crippen LogP contribution in [0.4, 0.5) is 0 Å². The van der Waals surface area contributed by atoms with Crippen molar-refractivity contribution in [1.82, 2.24) is 15.5 Å². The number of hydrogen-bond acceptors (Lipinski definition) is 8. The molecule has 0 aromatic heterocycles. The number of amides is 4. The van der Waals surface area contributed by atoms with E-state index < -0.39 is 31.4 Å². The predicted molar refractivity (Wildman–Crippen MR) is 147 cm³/mol. The van der Waals surface area contributed by atoms with E-state index >= 15 is 0 Å². The normalized spacial score (nSPS) is 15.9. The van der Waals surface area contributed by atoms with E-state index in [1.807, 2.05) is 20.8 Å². The maximum absolute atomic E-state index is 14.1. The number of rotatable bonds is 16. The van der Waals surface area contributed by atoms with Crippen LogP contribution in [0.15, 0.2) is 12.1 Å². The number of nitrogens with one attached hydrogen (secondary N) is 2. The third-order valence-electron chi connectivity index (χ3n) is 6.58. The molecule has 39 heavy (non-hydrogen) atoms. The molecule has 1 aromatic carbocycles. The van der Waals surface area contributed by atoms with Gasteiger partial charge in [-0.05, 0) is 43.7 Å². The summed E-state index contributed by atoms with van der Waals surface area (Å²) in [6.07, 6.45) is 0.817. The second-order valence-corrected chi connectivity index (χ2v) is 12.7. The molecule has 1 aliphatic rings. The minimum absolute atomic E-state index is 0.0484. The minimum atomic E-state index is -3.67. The molecule has 0 aliphatic carbocycles. The highest BCUT2D eigenvalue weighted by atomic mass is 31.2. The van der Waals surface area contributed by atoms with Gasteiger partial charge in [-0.25, -0.2) is 0 Å². The molecule has 0 bridgehead atoms. The van der Waals surface area contributed by atoms with Gasteiger partial charge in [0.25, 0.3) is 11.8 Å². The Labute approximate surface area is 230 Å². The van der Waals surface area contributed by atoms with Crippen molar-refractivity contribution in [2.45, 2.75) is 47.0 Å². The Morgan fingerprint density at radius 3 is 2.05 bits per heavy atom. The van der Waals surface area contributed by atoms with Gasteiger partial charge in [0.05, 0.1) is 32.0 Å². The molecule has 1 heterocycles. The van der Waals surface area contributed by atoms with Crippen molar-refractivity contribution >= 4 is 31.0 Å². The molecule has 11 nitrogen and oxygen atoms in total. The molecule has 2 N–H and O–H groups in total. The summed E-state index contributed by atoms with van der Waals surface area (Å²) in [4.78, 5) is 52.3. The molecule has 4 amide bonds. The molecule has 0 saturated heterocycles. The Balaban J connectivity index is 2.23. The summed E-state index contributed by atoms with van der Waals surface area (Å²) in [7, 11) is 0.694. The maximum Gasteiger partial charge on any atom is 0.265 e. The first-order valence-corrected chi connectivity index (χ1v) is 15.2. The fourth-order valence-electron chi connectivity index (χ4n) is 4.70. The van der Waals surface area contributed by atoms with Gasteiger partial charge in [0.15, 0.2) is 0 Å². The molecule has 0 saturated carbocycles. The molecule has 3 atom stereocenters. The van der Waals surface area contributed by atoms with E-state index in [4.69, 9.17) is 14.0 Å². The molecule has 0 spiro atoms. The number of methoxy groups -OCH3 is 2. The van der Waals surface area contributed by atoms with E-state index in [1.165, 1.54) is 26.4 Å². The number of fused-ring (bicyclic) bond motifs is 1. The summed E-state index contributed by atoms with van der Waals surface area (Å²) in [6.45, 7) is 7.97. The molecule has 1 aliphatic heterocycles. The van der Waals surface area contributed by atoms with Crippen LogP contribution in [0.2, 0.25) is 0 Å². The van der Waals surface area contributed by atoms with E-state index in [0.29, 0.717) is 25.8 Å². The molecule has 1 unspecified atom stereocenters. The van der Waals surface area contributed by atoms with Gasteiger partial charge in [-0.1, -0.05) is 20.8 Å². The van der Waals surface area contributed by atoms with Crippen LogP contribution in [0, 0.1) is 17.8 Å². The lowest BCUT2D eigenvalue weighted by atomic mass is 9.97. The first-order valence-electron chi connectivity index (χ1n) is 13.2. The van der Waals surface area contributed by atoms with E-state index in [9.17, 15) is 23.7 Å². The standard InChI is InChI=1S/C27H42N3O8P/c1-8-38-39(35,15-19(13-17(2)3)25(32)29-12-11-18(4)14-22(31)28-5)16-30-26(33)23-20(36-6)9-10-21(37-7)24(23)27(30)34/h9-10,17-19H,8,11-16H2,1-7H3,(H,28,31)(H,29,32)/t18-,19+,39?/m0/s1. The van der Waals surface area contributed by atoms with Gasteiger partial charge in [0.1, 0.15) is 17.8 Å². The van der Waals surface area contributed by atoms with Crippen LogP contribution in [0.3, 0.4) is 0 Å². The number of carbonyl (C=O) groups excluding carboxylic acids is 4. The van der Waals surface area contributed by atoms with Gasteiger partial charge in [-0.3, -0.25) is 28.6 Å². The molecule has 12 heteroatoms. The van der Waals surface area contributed by atoms with E-state index in [0.717, 1.165) is 4.90 Å². The Hall–Kier alpha value is -2.91. The highest BCUT2D eigenvalue weighted by Crippen LogP contribution is 2.51. The van der Waals surface area contributed by atoms with Crippen molar-refractivity contribution in [1.29, 1.82) is 0 Å². The van der Waals surface area contributed by atoms with Crippen molar-refractivity contribution in [3.8, 4) is 11.5 Å². The van der Waals surface area contributed by atoms with Crippen molar-refractivity contribution in [3.05, 3.63) is 23.3 Å². The Morgan fingerprint density at radius 2 is 1.59 bits per heavy atom. The zero-order valence-electron chi connectivity index (χ0n) is 24.0. The smallest absolute Gasteiger partial charge is 0.265 e. The summed E-state index contributed by atoms with van der Waals surface area (Å²) in [5, 5.41) is 5.49. The molecule has 218 valence electrons. The van der Waals surface area contributed by atoms with Crippen LogP contribution in [-0.2, 0) is 18.7 Å². The number of hydrogen-bond donors (Lipinski definition) is 2. The first-order chi connectivity index (χ1) is 18.4. The third kappa shape index (κ3) is 8.29. The number of benzene rings is 1. The average Bonchev–Trinajstić information content (AvgIpc) is 3.12. The number of carbonyl (C=O) groups is 4. The van der Waals surface area contributed by atoms with Crippen LogP contribution < -0.4 is 20.1 Å². The van der Waals surface area contributed by atoms with Gasteiger partial charge in [-0.2, -0.15) is 0 Å². The van der Waals surface area contributed by atoms with Crippen LogP contribution >= 0.6 is 7.37 Å². The quantitative estimate of drug-likeness (QED) is 0.228. The van der Waals surface area contributed by atoms with Crippen LogP contribution in [0.1, 0.15) is 67.7 Å². The first kappa shape index (κ1) is 32.3. The van der Waals surface area contributed by atoms with E-state index in [2.05, 4.69) is 10.6 Å². The number of nitrogens with zero attached hydrogens (tertiary/aromatic N) is 1. The summed E-state index contributed by atoms with van der Waals surface area (Å²) in [5.41, 5.74) is 0.0968. The van der Waals surface area contributed by atoms with Crippen LogP contribution in [0.5, 0.6) is 11.5 Å². The molecule has 0 radical (unpaired) electrons. The van der Waals surface area contributed by atoms with Gasteiger partial charge in [-0.15, -0.1) is 0 Å². The summed E-state index contributed by atoms with van der Waals surface area (Å²) >= 11 is 0. The summed E-state index contributed by atoms with van der Waals surface area (Å²) in [6, 6.07) is 3.07. The van der Waals surface area contributed by atoms with E-state index in [1.54, 1.807) is 14.0 Å². The lowest BCUT2D eigenvalue weighted by molar-refractivity contribution is -0.124. The number of ether oxygens (including phenoxy) is 2. The second kappa shape index (κ2) is 14.5. The Morgan fingerprint density at radius 1 is 1.03 bits per heavy atom. The zero-order chi connectivity index (χ0) is 29.3. The highest BCUT2D eigenvalue weighted by Gasteiger charge is 2.45. The Kier molecular flexibility index (Phi) is 12.0. The molecule has 0 fully saturated rings. The lowest BCUT2D eigenvalue weighted by Crippen LogP contribution is -2.37. The van der Waals surface area contributed by atoms with Crippen molar-refractivity contribution in [3.63, 3.8) is 0 Å². The second-order valence-electron chi connectivity index (χ2n) is 10.2. The van der Waals surface area contributed by atoms with Crippen LogP contribution in [0.25, 0.3) is 0 Å². The molecular formula is C27H42N3O8P. The fourth-order valence-corrected chi connectivity index (χ4v) is 7.15. The van der Waals surface area contributed by atoms with Gasteiger partial charge in [0.2, 0.25) is 19.2 Å². The van der Waals surface area contributed by atoms with Crippen molar-refractivity contribution in [2.24, 2.45) is 17.8 Å². The lowest BCUT2D eigenvalue weighted by Gasteiger charge is -2.27. The maximum atomic E-state index is 14.1. The topological polar surface area (TPSA) is 140 Å². The SMILES string of the molecule is CCOP(=O)(C[C@@H](CC(C)C)C(=O)NCC[C@H](C)CC(=O)NC)CN1C(=O)c2c(OC)ccc(OC)c2C1=O. The van der Waals surface area contributed by atoms with Crippen molar-refractivity contribution in [2.75, 3.05) is 46.9 Å². The summed E-state index contributed by atoms with van der Waals surface area (Å²) < 4.78 is 30.4. The fraction of sp³-hybridized carbons (Fsp3) is 0.630. The monoisotopic (exact) mass is 567 g/mol. The van der Waals surface area contributed by atoms with Gasteiger partial charge < -0.3 is 24.6 Å². The summed E-state index contributed by atoms with van der Waals surface area (Å²) in [5.74, 6) is -1.69. The zero-order valence-corrected chi connectivity index (χ0v) is 24.9. The third-order valence-corrected chi connectivity index (χ3v) is 9.02. The molecular weight excluding hydrogens is 525 g/mol. The van der Waals surface area contributed by atoms with Crippen LogP contribution in [-0.4, -0.2) is 75.4 Å². The minimum Gasteiger partial charge on any atom is -0.496 e. The van der Waals surface area contributed by atoms with Crippen molar-refractivity contribution < 1.29 is 37.7 Å². The molecule has 2 rings (SSSR count). The van der Waals surface area contributed by atoms with Gasteiger partial charge in [0, 0.05) is 32.1 Å². The molecule has 1 aromatic rings. The van der Waals surface area contributed by atoms with Gasteiger partial charge >= 0.3 is 0 Å².